The van der Waals surface area contributed by atoms with E-state index >= 15 is 0 Å². The lowest BCUT2D eigenvalue weighted by Gasteiger charge is -2.33. The van der Waals surface area contributed by atoms with Crippen molar-refractivity contribution in [3.63, 3.8) is 0 Å². The summed E-state index contributed by atoms with van der Waals surface area (Å²) in [7, 11) is 0. The van der Waals surface area contributed by atoms with Gasteiger partial charge in [0.15, 0.2) is 0 Å². The molecular weight excluding hydrogens is 286 g/mol. The number of carbonyl (C=O) groups is 1. The van der Waals surface area contributed by atoms with Crippen LogP contribution in [0.2, 0.25) is 0 Å². The molecule has 4 nitrogen and oxygen atoms in total. The van der Waals surface area contributed by atoms with Crippen LogP contribution in [0.15, 0.2) is 0 Å². The lowest BCUT2D eigenvalue weighted by molar-refractivity contribution is -0.146. The van der Waals surface area contributed by atoms with Crippen molar-refractivity contribution in [2.24, 2.45) is 5.92 Å². The molecule has 4 atom stereocenters. The number of hydrogen-bond acceptors (Lipinski definition) is 4. The van der Waals surface area contributed by atoms with Crippen molar-refractivity contribution in [2.45, 2.75) is 74.8 Å². The smallest absolute Gasteiger partial charge is 0.324 e. The maximum atomic E-state index is 11.9. The third-order valence-electron chi connectivity index (χ3n) is 5.35. The number of ether oxygens (including phenoxy) is 1. The van der Waals surface area contributed by atoms with Crippen LogP contribution in [0.4, 0.5) is 0 Å². The van der Waals surface area contributed by atoms with E-state index in [1.807, 2.05) is 11.8 Å². The highest BCUT2D eigenvalue weighted by Crippen LogP contribution is 2.42. The van der Waals surface area contributed by atoms with E-state index in [1.165, 1.54) is 0 Å². The Hall–Kier alpha value is -0.260. The minimum atomic E-state index is -0.639. The Morgan fingerprint density at radius 1 is 1.38 bits per heavy atom. The Balaban J connectivity index is 1.53. The van der Waals surface area contributed by atoms with E-state index in [-0.39, 0.29) is 0 Å². The lowest BCUT2D eigenvalue weighted by Crippen LogP contribution is -2.55. The van der Waals surface area contributed by atoms with Gasteiger partial charge in [0.05, 0.1) is 6.10 Å². The molecule has 1 aliphatic heterocycles. The standard InChI is InChI=1S/C16H27NO3S/c1-11-14(6-9-20-11)21-10-7-12-3-2-8-16(12,15(18)19)17-13-4-5-13/h11-14,17H,2-10H2,1H3,(H,18,19). The average Bonchev–Trinajstić information content (AvgIpc) is 3.02. The predicted octanol–water partition coefficient (Wildman–Crippen LogP) is 2.66. The van der Waals surface area contributed by atoms with Gasteiger partial charge in [0, 0.05) is 17.9 Å². The first-order chi connectivity index (χ1) is 10.1. The van der Waals surface area contributed by atoms with Crippen molar-refractivity contribution in [3.05, 3.63) is 0 Å². The molecule has 0 aromatic heterocycles. The van der Waals surface area contributed by atoms with Crippen molar-refractivity contribution >= 4 is 17.7 Å². The van der Waals surface area contributed by atoms with Crippen molar-refractivity contribution < 1.29 is 14.6 Å². The molecule has 2 N–H and O–H groups in total. The number of rotatable bonds is 7. The molecule has 5 heteroatoms. The molecule has 3 aliphatic rings. The Morgan fingerprint density at radius 2 is 2.19 bits per heavy atom. The van der Waals surface area contributed by atoms with Gasteiger partial charge in [0.1, 0.15) is 5.54 Å². The molecule has 120 valence electrons. The van der Waals surface area contributed by atoms with Gasteiger partial charge in [-0.1, -0.05) is 6.42 Å². The SMILES string of the molecule is CC1OCCC1SCCC1CCCC1(NC1CC1)C(=O)O. The first-order valence-electron chi connectivity index (χ1n) is 8.36. The molecule has 3 rings (SSSR count). The Kier molecular flexibility index (Phi) is 4.81. The highest BCUT2D eigenvalue weighted by molar-refractivity contribution is 7.99. The monoisotopic (exact) mass is 313 g/mol. The lowest BCUT2D eigenvalue weighted by atomic mass is 9.85. The van der Waals surface area contributed by atoms with Gasteiger partial charge in [0.25, 0.3) is 0 Å². The summed E-state index contributed by atoms with van der Waals surface area (Å²) in [6.07, 6.45) is 7.71. The number of carboxylic acid groups (broad SMARTS) is 1. The van der Waals surface area contributed by atoms with Crippen LogP contribution in [-0.2, 0) is 9.53 Å². The zero-order valence-electron chi connectivity index (χ0n) is 12.8. The van der Waals surface area contributed by atoms with Crippen molar-refractivity contribution in [1.29, 1.82) is 0 Å². The molecule has 0 aromatic rings. The molecule has 0 aromatic carbocycles. The summed E-state index contributed by atoms with van der Waals surface area (Å²) in [5.41, 5.74) is -0.639. The largest absolute Gasteiger partial charge is 0.480 e. The quantitative estimate of drug-likeness (QED) is 0.757. The normalized spacial score (nSPS) is 39.8. The van der Waals surface area contributed by atoms with Gasteiger partial charge < -0.3 is 9.84 Å². The predicted molar refractivity (Wildman–Crippen MR) is 84.8 cm³/mol. The summed E-state index contributed by atoms with van der Waals surface area (Å²) in [4.78, 5) is 11.9. The molecule has 1 heterocycles. The van der Waals surface area contributed by atoms with Gasteiger partial charge in [-0.2, -0.15) is 11.8 Å². The highest BCUT2D eigenvalue weighted by atomic mass is 32.2. The van der Waals surface area contributed by atoms with Crippen LogP contribution in [0.5, 0.6) is 0 Å². The minimum absolute atomic E-state index is 0.292. The number of carboxylic acids is 1. The molecule has 0 amide bonds. The average molecular weight is 313 g/mol. The Bertz CT molecular complexity index is 388. The second kappa shape index (κ2) is 6.47. The summed E-state index contributed by atoms with van der Waals surface area (Å²) < 4.78 is 5.60. The summed E-state index contributed by atoms with van der Waals surface area (Å²) >= 11 is 1.98. The fraction of sp³-hybridized carbons (Fsp3) is 0.938. The first kappa shape index (κ1) is 15.6. The van der Waals surface area contributed by atoms with E-state index in [0.29, 0.717) is 23.3 Å². The van der Waals surface area contributed by atoms with Crippen LogP contribution in [0.1, 0.15) is 51.9 Å². The second-order valence-electron chi connectivity index (χ2n) is 6.85. The topological polar surface area (TPSA) is 58.6 Å². The maximum absolute atomic E-state index is 11.9. The summed E-state index contributed by atoms with van der Waals surface area (Å²) in [6.45, 7) is 3.03. The van der Waals surface area contributed by atoms with Crippen LogP contribution in [0.25, 0.3) is 0 Å². The van der Waals surface area contributed by atoms with E-state index in [0.717, 1.165) is 57.3 Å². The van der Waals surface area contributed by atoms with Gasteiger partial charge in [-0.15, -0.1) is 0 Å². The molecule has 2 aliphatic carbocycles. The van der Waals surface area contributed by atoms with Gasteiger partial charge in [0.2, 0.25) is 0 Å². The number of nitrogens with one attached hydrogen (secondary N) is 1. The van der Waals surface area contributed by atoms with Crippen molar-refractivity contribution in [2.75, 3.05) is 12.4 Å². The fourth-order valence-electron chi connectivity index (χ4n) is 3.89. The second-order valence-corrected chi connectivity index (χ2v) is 8.19. The summed E-state index contributed by atoms with van der Waals surface area (Å²) in [5, 5.41) is 13.8. The van der Waals surface area contributed by atoms with Crippen LogP contribution in [-0.4, -0.2) is 46.4 Å². The van der Waals surface area contributed by atoms with Crippen LogP contribution in [0, 0.1) is 5.92 Å². The number of thioether (sulfide) groups is 1. The van der Waals surface area contributed by atoms with Gasteiger partial charge in [-0.3, -0.25) is 10.1 Å². The zero-order chi connectivity index (χ0) is 14.9. The molecule has 1 saturated heterocycles. The molecule has 0 bridgehead atoms. The van der Waals surface area contributed by atoms with Gasteiger partial charge in [-0.05, 0) is 57.1 Å². The van der Waals surface area contributed by atoms with E-state index in [2.05, 4.69) is 12.2 Å². The molecular formula is C16H27NO3S. The van der Waals surface area contributed by atoms with E-state index < -0.39 is 11.5 Å². The fourth-order valence-corrected chi connectivity index (χ4v) is 5.22. The Labute approximate surface area is 131 Å². The van der Waals surface area contributed by atoms with Crippen molar-refractivity contribution in [3.8, 4) is 0 Å². The van der Waals surface area contributed by atoms with Crippen LogP contribution >= 0.6 is 11.8 Å². The molecule has 3 fully saturated rings. The first-order valence-corrected chi connectivity index (χ1v) is 9.41. The minimum Gasteiger partial charge on any atom is -0.480 e. The number of hydrogen-bond donors (Lipinski definition) is 2. The van der Waals surface area contributed by atoms with Gasteiger partial charge in [-0.25, -0.2) is 0 Å². The Morgan fingerprint density at radius 3 is 2.81 bits per heavy atom. The third kappa shape index (κ3) is 3.40. The van der Waals surface area contributed by atoms with Crippen molar-refractivity contribution in [1.82, 2.24) is 5.32 Å². The zero-order valence-corrected chi connectivity index (χ0v) is 13.7. The molecule has 4 unspecified atom stereocenters. The molecule has 21 heavy (non-hydrogen) atoms. The van der Waals surface area contributed by atoms with Crippen LogP contribution in [0.3, 0.4) is 0 Å². The highest BCUT2D eigenvalue weighted by Gasteiger charge is 2.51. The summed E-state index contributed by atoms with van der Waals surface area (Å²) in [6, 6.07) is 0.456. The molecule has 0 radical (unpaired) electrons. The number of aliphatic carboxylic acids is 1. The van der Waals surface area contributed by atoms with E-state index in [1.54, 1.807) is 0 Å². The van der Waals surface area contributed by atoms with Crippen LogP contribution < -0.4 is 5.32 Å². The van der Waals surface area contributed by atoms with E-state index in [9.17, 15) is 9.90 Å². The maximum Gasteiger partial charge on any atom is 0.324 e. The third-order valence-corrected chi connectivity index (χ3v) is 6.86. The summed E-state index contributed by atoms with van der Waals surface area (Å²) in [5.74, 6) is 0.727. The van der Waals surface area contributed by atoms with E-state index in [4.69, 9.17) is 4.74 Å². The molecule has 0 spiro atoms. The molecule has 2 saturated carbocycles. The van der Waals surface area contributed by atoms with Gasteiger partial charge >= 0.3 is 5.97 Å².